The molecule has 1 aromatic rings. The second kappa shape index (κ2) is 5.42. The van der Waals surface area contributed by atoms with Gasteiger partial charge >= 0.3 is 0 Å². The maximum atomic E-state index is 5.58. The number of rotatable bonds is 6. The van der Waals surface area contributed by atoms with Gasteiger partial charge in [0.1, 0.15) is 10.8 Å². The van der Waals surface area contributed by atoms with E-state index in [1.807, 2.05) is 12.1 Å². The topological polar surface area (TPSA) is 54.2 Å². The van der Waals surface area contributed by atoms with Crippen LogP contribution in [0.25, 0.3) is 0 Å². The van der Waals surface area contributed by atoms with Gasteiger partial charge in [0, 0.05) is 30.9 Å². The van der Waals surface area contributed by atoms with Gasteiger partial charge in [-0.25, -0.2) is 4.98 Å². The van der Waals surface area contributed by atoms with E-state index in [1.165, 1.54) is 12.8 Å². The maximum absolute atomic E-state index is 5.58. The van der Waals surface area contributed by atoms with Crippen molar-refractivity contribution in [3.8, 4) is 0 Å². The molecule has 4 nitrogen and oxygen atoms in total. The van der Waals surface area contributed by atoms with Crippen LogP contribution in [-0.2, 0) is 0 Å². The van der Waals surface area contributed by atoms with Gasteiger partial charge in [-0.1, -0.05) is 12.2 Å². The van der Waals surface area contributed by atoms with Crippen molar-refractivity contribution in [1.29, 1.82) is 0 Å². The normalized spacial score (nSPS) is 14.9. The van der Waals surface area contributed by atoms with Gasteiger partial charge in [-0.05, 0) is 32.0 Å². The van der Waals surface area contributed by atoms with Gasteiger partial charge in [-0.2, -0.15) is 0 Å². The van der Waals surface area contributed by atoms with Crippen molar-refractivity contribution in [2.75, 3.05) is 25.5 Å². The van der Waals surface area contributed by atoms with E-state index in [0.29, 0.717) is 4.99 Å². The van der Waals surface area contributed by atoms with Crippen LogP contribution in [0, 0.1) is 0 Å². The van der Waals surface area contributed by atoms with Gasteiger partial charge in [0.25, 0.3) is 0 Å². The van der Waals surface area contributed by atoms with Crippen molar-refractivity contribution in [3.63, 3.8) is 0 Å². The zero-order chi connectivity index (χ0) is 12.3. The Hall–Kier alpha value is -1.20. The highest BCUT2D eigenvalue weighted by Crippen LogP contribution is 2.24. The van der Waals surface area contributed by atoms with Crippen molar-refractivity contribution >= 4 is 23.0 Å². The van der Waals surface area contributed by atoms with Crippen LogP contribution >= 0.6 is 12.2 Å². The number of nitrogens with one attached hydrogen (secondary N) is 1. The summed E-state index contributed by atoms with van der Waals surface area (Å²) in [7, 11) is 2.16. The molecule has 0 amide bonds. The van der Waals surface area contributed by atoms with Crippen LogP contribution in [0.15, 0.2) is 18.3 Å². The smallest absolute Gasteiger partial charge is 0.126 e. The summed E-state index contributed by atoms with van der Waals surface area (Å²) >= 11 is 4.93. The lowest BCUT2D eigenvalue weighted by molar-refractivity contribution is 0.337. The summed E-state index contributed by atoms with van der Waals surface area (Å²) in [5.41, 5.74) is 6.43. The van der Waals surface area contributed by atoms with Crippen molar-refractivity contribution < 1.29 is 0 Å². The molecule has 0 aliphatic heterocycles. The van der Waals surface area contributed by atoms with Crippen LogP contribution in [0.3, 0.4) is 0 Å². The van der Waals surface area contributed by atoms with E-state index in [4.69, 9.17) is 18.0 Å². The number of thiocarbonyl (C=S) groups is 1. The molecule has 2 rings (SSSR count). The molecule has 3 N–H and O–H groups in total. The number of aromatic nitrogens is 1. The van der Waals surface area contributed by atoms with Gasteiger partial charge < -0.3 is 16.0 Å². The lowest BCUT2D eigenvalue weighted by Crippen LogP contribution is -2.27. The minimum absolute atomic E-state index is 0.408. The van der Waals surface area contributed by atoms with Crippen LogP contribution in [0.4, 0.5) is 5.82 Å². The Kier molecular flexibility index (Phi) is 3.91. The monoisotopic (exact) mass is 250 g/mol. The Labute approximate surface area is 107 Å². The van der Waals surface area contributed by atoms with Crippen molar-refractivity contribution in [2.24, 2.45) is 5.73 Å². The second-order valence-corrected chi connectivity index (χ2v) is 4.87. The van der Waals surface area contributed by atoms with E-state index in [9.17, 15) is 0 Å². The van der Waals surface area contributed by atoms with Gasteiger partial charge in [-0.15, -0.1) is 0 Å². The number of nitrogens with zero attached hydrogens (tertiary/aromatic N) is 2. The van der Waals surface area contributed by atoms with Crippen LogP contribution in [0.5, 0.6) is 0 Å². The highest BCUT2D eigenvalue weighted by atomic mass is 32.1. The molecule has 5 heteroatoms. The van der Waals surface area contributed by atoms with Crippen molar-refractivity contribution in [3.05, 3.63) is 23.9 Å². The number of hydrogen-bond acceptors (Lipinski definition) is 4. The van der Waals surface area contributed by atoms with Crippen LogP contribution in [-0.4, -0.2) is 41.1 Å². The third-order valence-electron chi connectivity index (χ3n) is 2.99. The summed E-state index contributed by atoms with van der Waals surface area (Å²) in [6, 6.07) is 4.51. The molecule has 0 unspecified atom stereocenters. The summed E-state index contributed by atoms with van der Waals surface area (Å²) < 4.78 is 0. The Morgan fingerprint density at radius 2 is 2.41 bits per heavy atom. The van der Waals surface area contributed by atoms with Crippen molar-refractivity contribution in [1.82, 2.24) is 9.88 Å². The largest absolute Gasteiger partial charge is 0.389 e. The molecular weight excluding hydrogens is 232 g/mol. The second-order valence-electron chi connectivity index (χ2n) is 4.43. The van der Waals surface area contributed by atoms with E-state index < -0.39 is 0 Å². The van der Waals surface area contributed by atoms with Gasteiger partial charge in [-0.3, -0.25) is 0 Å². The fourth-order valence-electron chi connectivity index (χ4n) is 1.74. The first-order valence-electron chi connectivity index (χ1n) is 5.87. The van der Waals surface area contributed by atoms with E-state index >= 15 is 0 Å². The maximum Gasteiger partial charge on any atom is 0.126 e. The predicted octanol–water partition coefficient (Wildman–Crippen LogP) is 1.22. The van der Waals surface area contributed by atoms with Crippen LogP contribution in [0.1, 0.15) is 18.4 Å². The molecule has 1 saturated carbocycles. The summed E-state index contributed by atoms with van der Waals surface area (Å²) in [5, 5.41) is 3.29. The molecule has 0 radical (unpaired) electrons. The molecule has 1 aromatic heterocycles. The minimum Gasteiger partial charge on any atom is -0.389 e. The molecule has 1 heterocycles. The minimum atomic E-state index is 0.408. The predicted molar refractivity (Wildman–Crippen MR) is 74.3 cm³/mol. The molecule has 0 aromatic carbocycles. The summed E-state index contributed by atoms with van der Waals surface area (Å²) in [6.07, 6.45) is 4.40. The zero-order valence-corrected chi connectivity index (χ0v) is 10.8. The molecule has 0 spiro atoms. The Balaban J connectivity index is 1.81. The summed E-state index contributed by atoms with van der Waals surface area (Å²) in [4.78, 5) is 7.02. The lowest BCUT2D eigenvalue weighted by Gasteiger charge is -2.16. The van der Waals surface area contributed by atoms with Crippen molar-refractivity contribution in [2.45, 2.75) is 18.9 Å². The summed E-state index contributed by atoms with van der Waals surface area (Å²) in [5.74, 6) is 0.833. The molecule has 1 aliphatic rings. The van der Waals surface area contributed by atoms with E-state index in [-0.39, 0.29) is 0 Å². The average molecular weight is 250 g/mol. The quantitative estimate of drug-likeness (QED) is 0.744. The zero-order valence-electron chi connectivity index (χ0n) is 10.0. The first-order chi connectivity index (χ1) is 8.16. The molecule has 0 saturated heterocycles. The fraction of sp³-hybridized carbons (Fsp3) is 0.500. The summed E-state index contributed by atoms with van der Waals surface area (Å²) in [6.45, 7) is 1.92. The van der Waals surface area contributed by atoms with Gasteiger partial charge in [0.15, 0.2) is 0 Å². The molecule has 0 bridgehead atoms. The standard InChI is InChI=1S/C12H18N4S/c1-16(10-2-3-10)7-6-15-11-8-9(12(13)17)4-5-14-11/h4-5,8,10H,2-3,6-7H2,1H3,(H2,13,17)(H,14,15). The fourth-order valence-corrected chi connectivity index (χ4v) is 1.87. The Bertz CT molecular complexity index is 403. The molecule has 1 fully saturated rings. The highest BCUT2D eigenvalue weighted by molar-refractivity contribution is 7.80. The lowest BCUT2D eigenvalue weighted by atomic mass is 10.2. The van der Waals surface area contributed by atoms with Crippen LogP contribution in [0.2, 0.25) is 0 Å². The van der Waals surface area contributed by atoms with Gasteiger partial charge in [0.2, 0.25) is 0 Å². The first-order valence-corrected chi connectivity index (χ1v) is 6.27. The van der Waals surface area contributed by atoms with Gasteiger partial charge in [0.05, 0.1) is 0 Å². The third-order valence-corrected chi connectivity index (χ3v) is 3.22. The Morgan fingerprint density at radius 1 is 1.65 bits per heavy atom. The number of anilines is 1. The average Bonchev–Trinajstić information content (AvgIpc) is 3.13. The molecule has 0 atom stereocenters. The Morgan fingerprint density at radius 3 is 3.06 bits per heavy atom. The first kappa shape index (κ1) is 12.3. The number of pyridine rings is 1. The number of hydrogen-bond donors (Lipinski definition) is 2. The van der Waals surface area contributed by atoms with E-state index in [2.05, 4.69) is 22.2 Å². The molecule has 17 heavy (non-hydrogen) atoms. The molecule has 1 aliphatic carbocycles. The third kappa shape index (κ3) is 3.64. The molecule has 92 valence electrons. The van der Waals surface area contributed by atoms with Crippen LogP contribution < -0.4 is 11.1 Å². The SMILES string of the molecule is CN(CCNc1cc(C(N)=S)ccn1)C1CC1. The van der Waals surface area contributed by atoms with E-state index in [0.717, 1.165) is 30.5 Å². The van der Waals surface area contributed by atoms with E-state index in [1.54, 1.807) is 6.20 Å². The molecular formula is C12H18N4S. The highest BCUT2D eigenvalue weighted by Gasteiger charge is 2.25. The number of likely N-dealkylation sites (N-methyl/N-ethyl adjacent to an activating group) is 1. The number of nitrogens with two attached hydrogens (primary N) is 1.